The normalized spacial score (nSPS) is 12.2. The zero-order valence-corrected chi connectivity index (χ0v) is 19.4. The zero-order chi connectivity index (χ0) is 24.7. The third-order valence-electron chi connectivity index (χ3n) is 4.56. The van der Waals surface area contributed by atoms with Crippen molar-refractivity contribution in [2.24, 2.45) is 0 Å². The van der Waals surface area contributed by atoms with Gasteiger partial charge in [-0.25, -0.2) is 14.8 Å². The summed E-state index contributed by atoms with van der Waals surface area (Å²) in [5, 5.41) is 3.38. The van der Waals surface area contributed by atoms with Crippen LogP contribution in [0, 0.1) is 0 Å². The highest BCUT2D eigenvalue weighted by atomic mass is 19.3. The smallest absolute Gasteiger partial charge is 0.387 e. The van der Waals surface area contributed by atoms with Crippen LogP contribution in [0.3, 0.4) is 0 Å². The van der Waals surface area contributed by atoms with E-state index in [0.717, 1.165) is 11.1 Å². The Morgan fingerprint density at radius 1 is 1.00 bits per heavy atom. The minimum Gasteiger partial charge on any atom is -0.490 e. The first-order chi connectivity index (χ1) is 16.2. The molecular weight excluding hydrogens is 444 g/mol. The van der Waals surface area contributed by atoms with Gasteiger partial charge in [0.05, 0.1) is 18.2 Å². The van der Waals surface area contributed by atoms with E-state index in [4.69, 9.17) is 9.47 Å². The number of rotatable bonds is 9. The molecule has 0 bridgehead atoms. The second-order valence-corrected chi connectivity index (χ2v) is 8.35. The van der Waals surface area contributed by atoms with Crippen LogP contribution in [0.5, 0.6) is 11.5 Å². The summed E-state index contributed by atoms with van der Waals surface area (Å²) in [4.78, 5) is 20.5. The Morgan fingerprint density at radius 2 is 1.68 bits per heavy atom. The molecule has 0 saturated heterocycles. The number of anilines is 1. The SMILES string of the molecule is CCOc1cc(C(Nc2ccc(C(=O)OC(C)(C)C)cc2)c2cncnc2)ccc1OC(F)F. The van der Waals surface area contributed by atoms with Gasteiger partial charge >= 0.3 is 12.6 Å². The van der Waals surface area contributed by atoms with Crippen molar-refractivity contribution in [2.75, 3.05) is 11.9 Å². The number of hydrogen-bond acceptors (Lipinski definition) is 7. The summed E-state index contributed by atoms with van der Waals surface area (Å²) in [5.74, 6) is -0.266. The molecule has 0 fully saturated rings. The lowest BCUT2D eigenvalue weighted by atomic mass is 10.00. The molecule has 1 N–H and O–H groups in total. The maximum absolute atomic E-state index is 12.8. The molecule has 0 amide bonds. The summed E-state index contributed by atoms with van der Waals surface area (Å²) in [7, 11) is 0. The van der Waals surface area contributed by atoms with Gasteiger partial charge in [-0.15, -0.1) is 0 Å². The molecule has 3 aromatic rings. The average molecular weight is 472 g/mol. The number of alkyl halides is 2. The molecule has 1 atom stereocenters. The third-order valence-corrected chi connectivity index (χ3v) is 4.56. The largest absolute Gasteiger partial charge is 0.490 e. The van der Waals surface area contributed by atoms with Crippen LogP contribution in [0.15, 0.2) is 61.2 Å². The molecule has 1 heterocycles. The quantitative estimate of drug-likeness (QED) is 0.405. The Balaban J connectivity index is 1.91. The molecule has 0 radical (unpaired) electrons. The summed E-state index contributed by atoms with van der Waals surface area (Å²) < 4.78 is 41.1. The van der Waals surface area contributed by atoms with Gasteiger partial charge in [0.1, 0.15) is 11.9 Å². The third kappa shape index (κ3) is 6.87. The summed E-state index contributed by atoms with van der Waals surface area (Å²) in [6, 6.07) is 11.2. The van der Waals surface area contributed by atoms with E-state index >= 15 is 0 Å². The molecule has 34 heavy (non-hydrogen) atoms. The van der Waals surface area contributed by atoms with Gasteiger partial charge in [-0.3, -0.25) is 0 Å². The van der Waals surface area contributed by atoms with Crippen LogP contribution in [0.4, 0.5) is 14.5 Å². The Kier molecular flexibility index (Phi) is 7.99. The predicted octanol–water partition coefficient (Wildman–Crippen LogP) is 5.63. The lowest BCUT2D eigenvalue weighted by molar-refractivity contribution is -0.0514. The highest BCUT2D eigenvalue weighted by Gasteiger charge is 2.20. The number of nitrogens with one attached hydrogen (secondary N) is 1. The van der Waals surface area contributed by atoms with E-state index in [1.165, 1.54) is 12.4 Å². The van der Waals surface area contributed by atoms with Crippen LogP contribution in [-0.4, -0.2) is 34.8 Å². The fourth-order valence-electron chi connectivity index (χ4n) is 3.19. The molecule has 9 heteroatoms. The number of ether oxygens (including phenoxy) is 3. The van der Waals surface area contributed by atoms with Gasteiger partial charge in [0.2, 0.25) is 0 Å². The van der Waals surface area contributed by atoms with Gasteiger partial charge in [-0.1, -0.05) is 6.07 Å². The standard InChI is InChI=1S/C25H27F2N3O4/c1-5-32-21-12-17(8-11-20(21)33-24(26)27)22(18-13-28-15-29-14-18)30-19-9-6-16(7-10-19)23(31)34-25(2,3)4/h6-15,22,24,30H,5H2,1-4H3. The Hall–Kier alpha value is -3.75. The van der Waals surface area contributed by atoms with Gasteiger partial charge < -0.3 is 19.5 Å². The number of carbonyl (C=O) groups excluding carboxylic acids is 1. The Bertz CT molecular complexity index is 1090. The summed E-state index contributed by atoms with van der Waals surface area (Å²) >= 11 is 0. The van der Waals surface area contributed by atoms with Gasteiger partial charge in [0, 0.05) is 23.6 Å². The molecule has 0 spiro atoms. The van der Waals surface area contributed by atoms with Gasteiger partial charge in [-0.05, 0) is 69.7 Å². The van der Waals surface area contributed by atoms with Crippen LogP contribution in [-0.2, 0) is 4.74 Å². The van der Waals surface area contributed by atoms with Crippen molar-refractivity contribution in [1.29, 1.82) is 0 Å². The summed E-state index contributed by atoms with van der Waals surface area (Å²) in [5.41, 5.74) is 2.00. The first-order valence-corrected chi connectivity index (χ1v) is 10.7. The second-order valence-electron chi connectivity index (χ2n) is 8.35. The van der Waals surface area contributed by atoms with Crippen molar-refractivity contribution >= 4 is 11.7 Å². The molecule has 7 nitrogen and oxygen atoms in total. The Morgan fingerprint density at radius 3 is 2.26 bits per heavy atom. The van der Waals surface area contributed by atoms with Gasteiger partial charge in [0.15, 0.2) is 11.5 Å². The van der Waals surface area contributed by atoms with E-state index in [9.17, 15) is 13.6 Å². The highest BCUT2D eigenvalue weighted by molar-refractivity contribution is 5.90. The first kappa shape index (κ1) is 24.9. The molecule has 0 aliphatic heterocycles. The van der Waals surface area contributed by atoms with Crippen molar-refractivity contribution in [3.05, 3.63) is 77.9 Å². The van der Waals surface area contributed by atoms with Crippen LogP contribution in [0.25, 0.3) is 0 Å². The number of aromatic nitrogens is 2. The molecule has 1 aromatic heterocycles. The van der Waals surface area contributed by atoms with Crippen molar-refractivity contribution in [2.45, 2.75) is 45.9 Å². The van der Waals surface area contributed by atoms with Crippen molar-refractivity contribution in [3.8, 4) is 11.5 Å². The van der Waals surface area contributed by atoms with E-state index in [1.54, 1.807) is 55.7 Å². The lowest BCUT2D eigenvalue weighted by Crippen LogP contribution is -2.23. The predicted molar refractivity (Wildman–Crippen MR) is 123 cm³/mol. The average Bonchev–Trinajstić information content (AvgIpc) is 2.78. The van der Waals surface area contributed by atoms with E-state index in [-0.39, 0.29) is 18.1 Å². The van der Waals surface area contributed by atoms with Crippen LogP contribution in [0.1, 0.15) is 55.2 Å². The molecule has 3 rings (SSSR count). The maximum Gasteiger partial charge on any atom is 0.387 e. The van der Waals surface area contributed by atoms with Crippen LogP contribution in [0.2, 0.25) is 0 Å². The molecule has 1 unspecified atom stereocenters. The molecule has 180 valence electrons. The first-order valence-electron chi connectivity index (χ1n) is 10.7. The van der Waals surface area contributed by atoms with Crippen molar-refractivity contribution in [3.63, 3.8) is 0 Å². The molecular formula is C25H27F2N3O4. The number of halogens is 2. The zero-order valence-electron chi connectivity index (χ0n) is 19.4. The number of nitrogens with zero attached hydrogens (tertiary/aromatic N) is 2. The number of benzene rings is 2. The minimum absolute atomic E-state index is 0.0506. The fourth-order valence-corrected chi connectivity index (χ4v) is 3.19. The van der Waals surface area contributed by atoms with Crippen molar-refractivity contribution < 1.29 is 27.8 Å². The van der Waals surface area contributed by atoms with E-state index in [1.807, 2.05) is 20.8 Å². The summed E-state index contributed by atoms with van der Waals surface area (Å²) in [6.07, 6.45) is 4.73. The maximum atomic E-state index is 12.8. The number of hydrogen-bond donors (Lipinski definition) is 1. The second kappa shape index (κ2) is 10.9. The molecule has 0 aliphatic carbocycles. The lowest BCUT2D eigenvalue weighted by Gasteiger charge is -2.22. The molecule has 0 saturated carbocycles. The number of esters is 1. The van der Waals surface area contributed by atoms with E-state index in [0.29, 0.717) is 11.3 Å². The molecule has 0 aliphatic rings. The van der Waals surface area contributed by atoms with Crippen LogP contribution < -0.4 is 14.8 Å². The monoisotopic (exact) mass is 471 g/mol. The van der Waals surface area contributed by atoms with E-state index < -0.39 is 24.2 Å². The van der Waals surface area contributed by atoms with Crippen molar-refractivity contribution in [1.82, 2.24) is 9.97 Å². The Labute approximate surface area is 197 Å². The van der Waals surface area contributed by atoms with Crippen LogP contribution >= 0.6 is 0 Å². The summed E-state index contributed by atoms with van der Waals surface area (Å²) in [6.45, 7) is 4.49. The highest BCUT2D eigenvalue weighted by Crippen LogP contribution is 2.35. The van der Waals surface area contributed by atoms with Gasteiger partial charge in [0.25, 0.3) is 0 Å². The molecule has 2 aromatic carbocycles. The number of carbonyl (C=O) groups is 1. The van der Waals surface area contributed by atoms with E-state index in [2.05, 4.69) is 20.0 Å². The topological polar surface area (TPSA) is 82.6 Å². The fraction of sp³-hybridized carbons (Fsp3) is 0.320. The van der Waals surface area contributed by atoms with Gasteiger partial charge in [-0.2, -0.15) is 8.78 Å². The minimum atomic E-state index is -2.97.